The third-order valence-corrected chi connectivity index (χ3v) is 1.37. The summed E-state index contributed by atoms with van der Waals surface area (Å²) >= 11 is 0. The molecule has 0 rings (SSSR count). The van der Waals surface area contributed by atoms with Crippen LogP contribution in [0.2, 0.25) is 0 Å². The van der Waals surface area contributed by atoms with Crippen LogP contribution in [-0.4, -0.2) is 19.0 Å². The molecule has 0 unspecified atom stereocenters. The van der Waals surface area contributed by atoms with E-state index >= 15 is 0 Å². The first kappa shape index (κ1) is 14.0. The van der Waals surface area contributed by atoms with Crippen molar-refractivity contribution in [3.05, 3.63) is 12.7 Å². The lowest BCUT2D eigenvalue weighted by atomic mass is 10.2. The van der Waals surface area contributed by atoms with Gasteiger partial charge in [0.1, 0.15) is 0 Å². The Morgan fingerprint density at radius 3 is 2.58 bits per heavy atom. The second kappa shape index (κ2) is 10.5. The summed E-state index contributed by atoms with van der Waals surface area (Å²) in [5, 5.41) is 2.69. The van der Waals surface area contributed by atoms with Crippen LogP contribution in [-0.2, 0) is 4.79 Å². The zero-order valence-corrected chi connectivity index (χ0v) is 8.03. The van der Waals surface area contributed by atoms with Crippen molar-refractivity contribution in [3.8, 4) is 0 Å². The first-order valence-electron chi connectivity index (χ1n) is 3.91. The molecule has 0 saturated heterocycles. The fourth-order valence-corrected chi connectivity index (χ4v) is 0.730. The van der Waals surface area contributed by atoms with E-state index in [9.17, 15) is 4.79 Å². The molecule has 3 nitrogen and oxygen atoms in total. The summed E-state index contributed by atoms with van der Waals surface area (Å²) in [7, 11) is 0. The van der Waals surface area contributed by atoms with Gasteiger partial charge in [-0.25, -0.2) is 0 Å². The summed E-state index contributed by atoms with van der Waals surface area (Å²) < 4.78 is 0. The van der Waals surface area contributed by atoms with Gasteiger partial charge in [-0.3, -0.25) is 4.79 Å². The molecule has 0 aromatic rings. The molecule has 0 fully saturated rings. The van der Waals surface area contributed by atoms with Crippen molar-refractivity contribution in [1.82, 2.24) is 5.32 Å². The molecule has 1 amide bonds. The Morgan fingerprint density at radius 2 is 2.08 bits per heavy atom. The maximum atomic E-state index is 10.6. The average molecular weight is 193 g/mol. The maximum Gasteiger partial charge on any atom is 0.243 e. The largest absolute Gasteiger partial charge is 0.353 e. The SMILES string of the molecule is C=CC(=O)NCCCCCN.Cl. The van der Waals surface area contributed by atoms with Gasteiger partial charge in [0.25, 0.3) is 0 Å². The van der Waals surface area contributed by atoms with E-state index < -0.39 is 0 Å². The summed E-state index contributed by atoms with van der Waals surface area (Å²) in [5.41, 5.74) is 5.29. The number of nitrogens with one attached hydrogen (secondary N) is 1. The molecule has 0 saturated carbocycles. The van der Waals surface area contributed by atoms with Gasteiger partial charge in [0, 0.05) is 6.54 Å². The van der Waals surface area contributed by atoms with Crippen molar-refractivity contribution in [3.63, 3.8) is 0 Å². The van der Waals surface area contributed by atoms with Crippen molar-refractivity contribution < 1.29 is 4.79 Å². The zero-order valence-electron chi connectivity index (χ0n) is 7.21. The van der Waals surface area contributed by atoms with Gasteiger partial charge in [0.2, 0.25) is 5.91 Å². The maximum absolute atomic E-state index is 10.6. The normalized spacial score (nSPS) is 8.42. The predicted octanol–water partition coefficient (Wildman–Crippen LogP) is 0.839. The lowest BCUT2D eigenvalue weighted by Gasteiger charge is -2.00. The number of halogens is 1. The zero-order chi connectivity index (χ0) is 8.53. The number of unbranched alkanes of at least 4 members (excludes halogenated alkanes) is 2. The predicted molar refractivity (Wildman–Crippen MR) is 53.4 cm³/mol. The number of nitrogens with two attached hydrogens (primary N) is 1. The Bertz CT molecular complexity index is 128. The van der Waals surface area contributed by atoms with Crippen LogP contribution in [0.15, 0.2) is 12.7 Å². The monoisotopic (exact) mass is 192 g/mol. The molecular formula is C8H17ClN2O. The van der Waals surface area contributed by atoms with Crippen LogP contribution < -0.4 is 11.1 Å². The standard InChI is InChI=1S/C8H16N2O.ClH/c1-2-8(11)10-7-5-3-4-6-9;/h2H,1,3-7,9H2,(H,10,11);1H. The van der Waals surface area contributed by atoms with E-state index in [2.05, 4.69) is 11.9 Å². The second-order valence-electron chi connectivity index (χ2n) is 2.34. The molecule has 0 aliphatic carbocycles. The lowest BCUT2D eigenvalue weighted by Crippen LogP contribution is -2.21. The van der Waals surface area contributed by atoms with Gasteiger partial charge in [-0.1, -0.05) is 13.0 Å². The number of carbonyl (C=O) groups excluding carboxylic acids is 1. The average Bonchev–Trinajstić information content (AvgIpc) is 2.04. The molecule has 3 N–H and O–H groups in total. The van der Waals surface area contributed by atoms with Gasteiger partial charge in [-0.2, -0.15) is 0 Å². The molecule has 0 atom stereocenters. The Hall–Kier alpha value is -0.540. The van der Waals surface area contributed by atoms with E-state index in [-0.39, 0.29) is 18.3 Å². The number of hydrogen-bond acceptors (Lipinski definition) is 2. The first-order valence-corrected chi connectivity index (χ1v) is 3.91. The summed E-state index contributed by atoms with van der Waals surface area (Å²) in [6.07, 6.45) is 4.39. The van der Waals surface area contributed by atoms with Crippen LogP contribution in [0.3, 0.4) is 0 Å². The summed E-state index contributed by atoms with van der Waals surface area (Å²) in [4.78, 5) is 10.6. The highest BCUT2D eigenvalue weighted by molar-refractivity contribution is 5.86. The van der Waals surface area contributed by atoms with Crippen molar-refractivity contribution in [1.29, 1.82) is 0 Å². The highest BCUT2D eigenvalue weighted by Gasteiger charge is 1.91. The van der Waals surface area contributed by atoms with E-state index in [4.69, 9.17) is 5.73 Å². The van der Waals surface area contributed by atoms with Crippen molar-refractivity contribution in [2.75, 3.05) is 13.1 Å². The fraction of sp³-hybridized carbons (Fsp3) is 0.625. The highest BCUT2D eigenvalue weighted by atomic mass is 35.5. The molecule has 0 heterocycles. The molecule has 0 radical (unpaired) electrons. The van der Waals surface area contributed by atoms with Crippen LogP contribution in [0.1, 0.15) is 19.3 Å². The number of amides is 1. The van der Waals surface area contributed by atoms with E-state index in [1.165, 1.54) is 6.08 Å². The van der Waals surface area contributed by atoms with Crippen molar-refractivity contribution in [2.24, 2.45) is 5.73 Å². The summed E-state index contributed by atoms with van der Waals surface area (Å²) in [6.45, 7) is 4.80. The van der Waals surface area contributed by atoms with Crippen LogP contribution in [0.5, 0.6) is 0 Å². The minimum Gasteiger partial charge on any atom is -0.353 e. The molecule has 72 valence electrons. The first-order chi connectivity index (χ1) is 5.31. The van der Waals surface area contributed by atoms with Gasteiger partial charge in [0.05, 0.1) is 0 Å². The summed E-state index contributed by atoms with van der Waals surface area (Å²) in [5.74, 6) is -0.0993. The van der Waals surface area contributed by atoms with Gasteiger partial charge in [-0.05, 0) is 25.5 Å². The van der Waals surface area contributed by atoms with Crippen LogP contribution in [0, 0.1) is 0 Å². The van der Waals surface area contributed by atoms with E-state index in [0.717, 1.165) is 32.4 Å². The van der Waals surface area contributed by atoms with Gasteiger partial charge < -0.3 is 11.1 Å². The van der Waals surface area contributed by atoms with Crippen molar-refractivity contribution in [2.45, 2.75) is 19.3 Å². The third-order valence-electron chi connectivity index (χ3n) is 1.37. The van der Waals surface area contributed by atoms with E-state index in [1.807, 2.05) is 0 Å². The minimum atomic E-state index is -0.0993. The smallest absolute Gasteiger partial charge is 0.243 e. The molecule has 0 bridgehead atoms. The molecule has 0 spiro atoms. The molecule has 0 aromatic carbocycles. The van der Waals surface area contributed by atoms with Crippen LogP contribution in [0.25, 0.3) is 0 Å². The fourth-order valence-electron chi connectivity index (χ4n) is 0.730. The Morgan fingerprint density at radius 1 is 1.42 bits per heavy atom. The molecule has 0 aliphatic heterocycles. The Balaban J connectivity index is 0. The van der Waals surface area contributed by atoms with Gasteiger partial charge in [0.15, 0.2) is 0 Å². The van der Waals surface area contributed by atoms with E-state index in [1.54, 1.807) is 0 Å². The number of carbonyl (C=O) groups is 1. The third kappa shape index (κ3) is 9.46. The molecule has 12 heavy (non-hydrogen) atoms. The van der Waals surface area contributed by atoms with Crippen LogP contribution in [0.4, 0.5) is 0 Å². The van der Waals surface area contributed by atoms with Gasteiger partial charge in [-0.15, -0.1) is 12.4 Å². The second-order valence-corrected chi connectivity index (χ2v) is 2.34. The topological polar surface area (TPSA) is 55.1 Å². The molecule has 0 aliphatic rings. The Labute approximate surface area is 79.8 Å². The molecular weight excluding hydrogens is 176 g/mol. The number of hydrogen-bond donors (Lipinski definition) is 2. The van der Waals surface area contributed by atoms with Crippen LogP contribution >= 0.6 is 12.4 Å². The lowest BCUT2D eigenvalue weighted by molar-refractivity contribution is -0.116. The summed E-state index contributed by atoms with van der Waals surface area (Å²) in [6, 6.07) is 0. The number of rotatable bonds is 6. The molecule has 0 aromatic heterocycles. The quantitative estimate of drug-likeness (QED) is 0.484. The highest BCUT2D eigenvalue weighted by Crippen LogP contribution is 1.90. The van der Waals surface area contributed by atoms with Gasteiger partial charge >= 0.3 is 0 Å². The minimum absolute atomic E-state index is 0. The van der Waals surface area contributed by atoms with E-state index in [0.29, 0.717) is 0 Å². The Kier molecular flexibility index (Phi) is 12.2. The van der Waals surface area contributed by atoms with Crippen molar-refractivity contribution >= 4 is 18.3 Å². The molecule has 4 heteroatoms.